The van der Waals surface area contributed by atoms with Gasteiger partial charge in [0.25, 0.3) is 5.91 Å². The third-order valence-electron chi connectivity index (χ3n) is 4.76. The van der Waals surface area contributed by atoms with Gasteiger partial charge in [0.05, 0.1) is 6.10 Å². The second-order valence-electron chi connectivity index (χ2n) is 6.30. The van der Waals surface area contributed by atoms with Gasteiger partial charge in [-0.1, -0.05) is 31.4 Å². The number of benzene rings is 1. The molecule has 1 aliphatic heterocycles. The molecule has 3 rings (SSSR count). The van der Waals surface area contributed by atoms with E-state index in [-0.39, 0.29) is 12.0 Å². The Kier molecular flexibility index (Phi) is 4.91. The first-order valence-electron chi connectivity index (χ1n) is 8.33. The van der Waals surface area contributed by atoms with Crippen LogP contribution in [0, 0.1) is 0 Å². The van der Waals surface area contributed by atoms with Gasteiger partial charge in [-0.3, -0.25) is 4.79 Å². The van der Waals surface area contributed by atoms with Crippen LogP contribution in [-0.4, -0.2) is 25.2 Å². The van der Waals surface area contributed by atoms with Crippen LogP contribution in [0.5, 0.6) is 0 Å². The summed E-state index contributed by atoms with van der Waals surface area (Å²) >= 11 is 0. The molecule has 1 atom stereocenters. The molecule has 0 radical (unpaired) electrons. The third kappa shape index (κ3) is 3.85. The summed E-state index contributed by atoms with van der Waals surface area (Å²) in [6, 6.07) is 8.21. The van der Waals surface area contributed by atoms with Gasteiger partial charge in [0.1, 0.15) is 0 Å². The Morgan fingerprint density at radius 2 is 1.81 bits per heavy atom. The van der Waals surface area contributed by atoms with E-state index < -0.39 is 0 Å². The molecule has 114 valence electrons. The summed E-state index contributed by atoms with van der Waals surface area (Å²) in [5, 5.41) is 2.98. The number of nitrogens with one attached hydrogen (secondary N) is 1. The van der Waals surface area contributed by atoms with Gasteiger partial charge in [0.15, 0.2) is 0 Å². The molecule has 3 nitrogen and oxygen atoms in total. The highest BCUT2D eigenvalue weighted by molar-refractivity contribution is 5.94. The Hall–Kier alpha value is -1.35. The van der Waals surface area contributed by atoms with E-state index in [9.17, 15) is 4.79 Å². The summed E-state index contributed by atoms with van der Waals surface area (Å²) < 4.78 is 5.52. The Bertz CT molecular complexity index is 457. The van der Waals surface area contributed by atoms with Gasteiger partial charge in [0.2, 0.25) is 0 Å². The van der Waals surface area contributed by atoms with E-state index >= 15 is 0 Å². The second kappa shape index (κ2) is 7.08. The van der Waals surface area contributed by atoms with Gasteiger partial charge in [-0.2, -0.15) is 0 Å². The molecule has 0 bridgehead atoms. The van der Waals surface area contributed by atoms with Crippen molar-refractivity contribution in [2.75, 3.05) is 13.2 Å². The van der Waals surface area contributed by atoms with Crippen molar-refractivity contribution in [1.29, 1.82) is 0 Å². The third-order valence-corrected chi connectivity index (χ3v) is 4.76. The van der Waals surface area contributed by atoms with Crippen molar-refractivity contribution in [3.63, 3.8) is 0 Å². The Morgan fingerprint density at radius 1 is 1.05 bits per heavy atom. The van der Waals surface area contributed by atoms with E-state index in [0.29, 0.717) is 12.5 Å². The minimum Gasteiger partial charge on any atom is -0.376 e. The lowest BCUT2D eigenvalue weighted by Crippen LogP contribution is -2.31. The van der Waals surface area contributed by atoms with E-state index in [1.165, 1.54) is 37.7 Å². The van der Waals surface area contributed by atoms with Crippen molar-refractivity contribution in [3.05, 3.63) is 35.4 Å². The van der Waals surface area contributed by atoms with Crippen molar-refractivity contribution in [2.45, 2.75) is 57.0 Å². The van der Waals surface area contributed by atoms with Gasteiger partial charge in [-0.15, -0.1) is 0 Å². The molecule has 1 aliphatic carbocycles. The molecule has 1 amide bonds. The lowest BCUT2D eigenvalue weighted by Gasteiger charge is -2.22. The number of carbonyl (C=O) groups excluding carboxylic acids is 1. The number of amides is 1. The quantitative estimate of drug-likeness (QED) is 0.918. The lowest BCUT2D eigenvalue weighted by molar-refractivity contribution is 0.0858. The molecule has 1 heterocycles. The first-order chi connectivity index (χ1) is 10.3. The average Bonchev–Trinajstić information content (AvgIpc) is 3.07. The molecule has 2 aliphatic rings. The molecule has 3 heteroatoms. The predicted molar refractivity (Wildman–Crippen MR) is 83.6 cm³/mol. The van der Waals surface area contributed by atoms with Crippen LogP contribution in [0.15, 0.2) is 24.3 Å². The monoisotopic (exact) mass is 287 g/mol. The first kappa shape index (κ1) is 14.6. The number of carbonyl (C=O) groups is 1. The Labute approximate surface area is 127 Å². The highest BCUT2D eigenvalue weighted by Gasteiger charge is 2.18. The lowest BCUT2D eigenvalue weighted by atomic mass is 9.84. The summed E-state index contributed by atoms with van der Waals surface area (Å²) in [5.41, 5.74) is 2.15. The van der Waals surface area contributed by atoms with Crippen LogP contribution in [0.1, 0.15) is 66.8 Å². The molecular weight excluding hydrogens is 262 g/mol. The van der Waals surface area contributed by atoms with Gasteiger partial charge < -0.3 is 10.1 Å². The van der Waals surface area contributed by atoms with Crippen molar-refractivity contribution >= 4 is 5.91 Å². The Balaban J connectivity index is 1.54. The molecule has 21 heavy (non-hydrogen) atoms. The maximum Gasteiger partial charge on any atom is 0.251 e. The summed E-state index contributed by atoms with van der Waals surface area (Å²) in [6.45, 7) is 1.46. The highest BCUT2D eigenvalue weighted by atomic mass is 16.5. The zero-order valence-electron chi connectivity index (χ0n) is 12.6. The molecule has 1 saturated carbocycles. The van der Waals surface area contributed by atoms with Gasteiger partial charge >= 0.3 is 0 Å². The summed E-state index contributed by atoms with van der Waals surface area (Å²) in [7, 11) is 0. The van der Waals surface area contributed by atoms with Crippen LogP contribution in [-0.2, 0) is 4.74 Å². The van der Waals surface area contributed by atoms with E-state index in [0.717, 1.165) is 25.0 Å². The highest BCUT2D eigenvalue weighted by Crippen LogP contribution is 2.32. The number of hydrogen-bond donors (Lipinski definition) is 1. The fraction of sp³-hybridized carbons (Fsp3) is 0.611. The number of rotatable bonds is 4. The largest absolute Gasteiger partial charge is 0.376 e. The summed E-state index contributed by atoms with van der Waals surface area (Å²) in [4.78, 5) is 12.1. The fourth-order valence-electron chi connectivity index (χ4n) is 3.46. The van der Waals surface area contributed by atoms with Crippen molar-refractivity contribution in [1.82, 2.24) is 5.32 Å². The molecule has 1 aromatic rings. The summed E-state index contributed by atoms with van der Waals surface area (Å²) in [6.07, 6.45) is 9.02. The minimum atomic E-state index is 0.0145. The molecular formula is C18H25NO2. The maximum atomic E-state index is 12.1. The van der Waals surface area contributed by atoms with Gasteiger partial charge in [-0.05, 0) is 49.3 Å². The first-order valence-corrected chi connectivity index (χ1v) is 8.33. The van der Waals surface area contributed by atoms with Crippen LogP contribution in [0.25, 0.3) is 0 Å². The zero-order valence-corrected chi connectivity index (χ0v) is 12.6. The van der Waals surface area contributed by atoms with Gasteiger partial charge in [-0.25, -0.2) is 0 Å². The summed E-state index contributed by atoms with van der Waals surface area (Å²) in [5.74, 6) is 0.712. The van der Waals surface area contributed by atoms with Crippen LogP contribution in [0.3, 0.4) is 0 Å². The van der Waals surface area contributed by atoms with E-state index in [1.807, 2.05) is 12.1 Å². The van der Waals surface area contributed by atoms with Crippen LogP contribution >= 0.6 is 0 Å². The van der Waals surface area contributed by atoms with Crippen LogP contribution in [0.4, 0.5) is 0 Å². The zero-order chi connectivity index (χ0) is 14.5. The topological polar surface area (TPSA) is 38.3 Å². The van der Waals surface area contributed by atoms with Crippen LogP contribution < -0.4 is 5.32 Å². The molecule has 0 spiro atoms. The standard InChI is InChI=1S/C18H25NO2/c20-18(19-13-17-7-4-12-21-17)16-10-8-15(9-11-16)14-5-2-1-3-6-14/h8-11,14,17H,1-7,12-13H2,(H,19,20). The number of hydrogen-bond acceptors (Lipinski definition) is 2. The van der Waals surface area contributed by atoms with E-state index in [2.05, 4.69) is 17.4 Å². The van der Waals surface area contributed by atoms with Crippen molar-refractivity contribution in [3.8, 4) is 0 Å². The smallest absolute Gasteiger partial charge is 0.251 e. The van der Waals surface area contributed by atoms with Crippen molar-refractivity contribution in [2.24, 2.45) is 0 Å². The second-order valence-corrected chi connectivity index (χ2v) is 6.30. The molecule has 1 unspecified atom stereocenters. The minimum absolute atomic E-state index is 0.0145. The molecule has 1 saturated heterocycles. The molecule has 2 fully saturated rings. The van der Waals surface area contributed by atoms with Crippen molar-refractivity contribution < 1.29 is 9.53 Å². The molecule has 0 aromatic heterocycles. The number of ether oxygens (including phenoxy) is 1. The van der Waals surface area contributed by atoms with E-state index in [4.69, 9.17) is 4.74 Å². The Morgan fingerprint density at radius 3 is 2.48 bits per heavy atom. The fourth-order valence-corrected chi connectivity index (χ4v) is 3.46. The molecule has 1 aromatic carbocycles. The predicted octanol–water partition coefficient (Wildman–Crippen LogP) is 3.64. The normalized spacial score (nSPS) is 23.1. The van der Waals surface area contributed by atoms with Crippen LogP contribution in [0.2, 0.25) is 0 Å². The maximum absolute atomic E-state index is 12.1. The SMILES string of the molecule is O=C(NCC1CCCO1)c1ccc(C2CCCCC2)cc1. The van der Waals surface area contributed by atoms with E-state index in [1.54, 1.807) is 0 Å². The molecule has 1 N–H and O–H groups in total. The van der Waals surface area contributed by atoms with Gasteiger partial charge in [0, 0.05) is 18.7 Å². The average molecular weight is 287 g/mol.